The third-order valence-electron chi connectivity index (χ3n) is 11.0. The molecule has 1 atom stereocenters. The fourth-order valence-corrected chi connectivity index (χ4v) is 7.46. The highest BCUT2D eigenvalue weighted by atomic mass is 16.6. The van der Waals surface area contributed by atoms with E-state index in [0.717, 1.165) is 77.5 Å². The summed E-state index contributed by atoms with van der Waals surface area (Å²) in [6, 6.07) is 0. The van der Waals surface area contributed by atoms with E-state index in [2.05, 4.69) is 36.5 Å². The first kappa shape index (κ1) is 54.7. The normalized spacial score (nSPS) is 12.2. The molecule has 0 aliphatic heterocycles. The highest BCUT2D eigenvalue weighted by molar-refractivity contribution is 5.69. The highest BCUT2D eigenvalue weighted by Crippen LogP contribution is 2.18. The van der Waals surface area contributed by atoms with Crippen LogP contribution in [0, 0.1) is 0 Å². The number of hydrogen-bond donors (Lipinski definition) is 3. The van der Waals surface area contributed by atoms with Crippen molar-refractivity contribution in [1.82, 2.24) is 15.7 Å². The Morgan fingerprint density at radius 3 is 1.43 bits per heavy atom. The number of unbranched alkanes of at least 4 members (excludes halogenated alkanes) is 24. The van der Waals surface area contributed by atoms with Crippen LogP contribution in [0.2, 0.25) is 0 Å². The summed E-state index contributed by atoms with van der Waals surface area (Å²) in [4.78, 5) is 32.4. The molecule has 0 aromatic rings. The lowest BCUT2D eigenvalue weighted by Gasteiger charge is -2.23. The largest absolute Gasteiger partial charge is 0.466 e. The second-order valence-electron chi connectivity index (χ2n) is 16.6. The molecule has 0 heterocycles. The van der Waals surface area contributed by atoms with Gasteiger partial charge in [0.15, 0.2) is 0 Å². The van der Waals surface area contributed by atoms with Crippen molar-refractivity contribution in [3.05, 3.63) is 0 Å². The maximum Gasteiger partial charge on any atom is 0.306 e. The predicted molar refractivity (Wildman–Crippen MR) is 237 cm³/mol. The fraction of sp³-hybridized carbons (Fsp3) is 0.957. The molecule has 9 nitrogen and oxygen atoms in total. The van der Waals surface area contributed by atoms with Gasteiger partial charge in [0, 0.05) is 12.8 Å². The maximum absolute atomic E-state index is 12.8. The summed E-state index contributed by atoms with van der Waals surface area (Å²) in [6.45, 7) is 11.4. The van der Waals surface area contributed by atoms with Crippen LogP contribution >= 0.6 is 0 Å². The van der Waals surface area contributed by atoms with Gasteiger partial charge in [0.05, 0.1) is 13.7 Å². The van der Waals surface area contributed by atoms with E-state index >= 15 is 0 Å². The van der Waals surface area contributed by atoms with Crippen LogP contribution < -0.4 is 16.5 Å². The molecule has 56 heavy (non-hydrogen) atoms. The standard InChI is InChI=1S/C47H96N4O5/c1-5-8-11-14-17-26-33-43-55-45(52)37-29-22-18-24-31-40-51(42-34-39-49-47(48)50-54-4)41-32-25-19-23-30-38-46(53)56-44(35-27-20-15-12-9-6-2)36-28-21-16-13-10-7-3/h44,47,49-50H,5-43,48H2,1-4H3. The summed E-state index contributed by atoms with van der Waals surface area (Å²) in [7, 11) is 1.57. The lowest BCUT2D eigenvalue weighted by Crippen LogP contribution is -2.49. The molecule has 0 aromatic heterocycles. The summed E-state index contributed by atoms with van der Waals surface area (Å²) < 4.78 is 11.5. The number of rotatable bonds is 46. The van der Waals surface area contributed by atoms with Crippen LogP contribution in [-0.4, -0.2) is 69.1 Å². The van der Waals surface area contributed by atoms with Crippen molar-refractivity contribution in [1.29, 1.82) is 0 Å². The van der Waals surface area contributed by atoms with Gasteiger partial charge in [0.2, 0.25) is 0 Å². The van der Waals surface area contributed by atoms with Crippen molar-refractivity contribution in [2.45, 2.75) is 251 Å². The Morgan fingerprint density at radius 2 is 0.929 bits per heavy atom. The minimum atomic E-state index is -0.366. The smallest absolute Gasteiger partial charge is 0.306 e. The van der Waals surface area contributed by atoms with Crippen LogP contribution in [0.5, 0.6) is 0 Å². The fourth-order valence-electron chi connectivity index (χ4n) is 7.46. The number of esters is 2. The minimum absolute atomic E-state index is 0.0194. The van der Waals surface area contributed by atoms with E-state index < -0.39 is 0 Å². The molecule has 0 spiro atoms. The Labute approximate surface area is 347 Å². The monoisotopic (exact) mass is 797 g/mol. The van der Waals surface area contributed by atoms with Gasteiger partial charge in [0.25, 0.3) is 0 Å². The molecule has 0 aromatic carbocycles. The highest BCUT2D eigenvalue weighted by Gasteiger charge is 2.14. The molecular formula is C47H96N4O5. The van der Waals surface area contributed by atoms with Gasteiger partial charge >= 0.3 is 11.9 Å². The van der Waals surface area contributed by atoms with Gasteiger partial charge < -0.3 is 24.9 Å². The van der Waals surface area contributed by atoms with Crippen molar-refractivity contribution in [2.24, 2.45) is 5.73 Å². The first-order valence-electron chi connectivity index (χ1n) is 24.3. The van der Waals surface area contributed by atoms with Gasteiger partial charge in [-0.3, -0.25) is 14.9 Å². The number of ether oxygens (including phenoxy) is 2. The number of nitrogens with one attached hydrogen (secondary N) is 2. The van der Waals surface area contributed by atoms with Crippen molar-refractivity contribution < 1.29 is 23.9 Å². The topological polar surface area (TPSA) is 115 Å². The van der Waals surface area contributed by atoms with Gasteiger partial charge in [-0.1, -0.05) is 162 Å². The summed E-state index contributed by atoms with van der Waals surface area (Å²) in [5, 5.41) is 3.26. The van der Waals surface area contributed by atoms with Gasteiger partial charge in [-0.05, 0) is 90.4 Å². The first-order chi connectivity index (χ1) is 27.5. The summed E-state index contributed by atoms with van der Waals surface area (Å²) in [5.74, 6) is -0.00624. The van der Waals surface area contributed by atoms with E-state index in [9.17, 15) is 9.59 Å². The molecule has 0 fully saturated rings. The Hall–Kier alpha value is -1.26. The van der Waals surface area contributed by atoms with Crippen molar-refractivity contribution in [3.63, 3.8) is 0 Å². The number of hydrogen-bond acceptors (Lipinski definition) is 9. The molecule has 9 heteroatoms. The average molecular weight is 797 g/mol. The van der Waals surface area contributed by atoms with E-state index in [0.29, 0.717) is 19.4 Å². The van der Waals surface area contributed by atoms with E-state index in [-0.39, 0.29) is 24.3 Å². The Bertz CT molecular complexity index is 803. The molecule has 0 aliphatic carbocycles. The maximum atomic E-state index is 12.8. The molecule has 0 amide bonds. The van der Waals surface area contributed by atoms with Crippen molar-refractivity contribution >= 4 is 11.9 Å². The summed E-state index contributed by atoms with van der Waals surface area (Å²) in [5.41, 5.74) is 8.67. The Morgan fingerprint density at radius 1 is 0.518 bits per heavy atom. The number of nitrogens with two attached hydrogens (primary N) is 1. The lowest BCUT2D eigenvalue weighted by molar-refractivity contribution is -0.150. The van der Waals surface area contributed by atoms with Crippen LogP contribution in [0.4, 0.5) is 0 Å². The van der Waals surface area contributed by atoms with Crippen LogP contribution in [0.1, 0.15) is 239 Å². The summed E-state index contributed by atoms with van der Waals surface area (Å²) in [6.07, 6.45) is 39.1. The molecule has 0 saturated heterocycles. The first-order valence-corrected chi connectivity index (χ1v) is 24.3. The Balaban J connectivity index is 4.33. The van der Waals surface area contributed by atoms with Gasteiger partial charge in [-0.25, -0.2) is 0 Å². The van der Waals surface area contributed by atoms with Gasteiger partial charge in [0.1, 0.15) is 12.4 Å². The number of carbonyl (C=O) groups is 2. The zero-order chi connectivity index (χ0) is 41.0. The molecule has 0 aliphatic rings. The van der Waals surface area contributed by atoms with E-state index in [1.807, 2.05) is 0 Å². The molecule has 4 N–H and O–H groups in total. The molecule has 0 bridgehead atoms. The molecule has 1 unspecified atom stereocenters. The van der Waals surface area contributed by atoms with Gasteiger partial charge in [-0.15, -0.1) is 0 Å². The second kappa shape index (κ2) is 44.8. The van der Waals surface area contributed by atoms with E-state index in [1.54, 1.807) is 7.11 Å². The van der Waals surface area contributed by atoms with Crippen LogP contribution in [0.25, 0.3) is 0 Å². The quantitative estimate of drug-likeness (QED) is 0.0240. The molecular weight excluding hydrogens is 701 g/mol. The third kappa shape index (κ3) is 40.9. The molecule has 0 rings (SSSR count). The van der Waals surface area contributed by atoms with Crippen LogP contribution in [-0.2, 0) is 23.9 Å². The number of nitrogens with zero attached hydrogens (tertiary/aromatic N) is 1. The number of hydroxylamine groups is 1. The molecule has 0 radical (unpaired) electrons. The molecule has 334 valence electrons. The Kier molecular flexibility index (Phi) is 43.8. The lowest BCUT2D eigenvalue weighted by atomic mass is 10.0. The predicted octanol–water partition coefficient (Wildman–Crippen LogP) is 12.0. The third-order valence-corrected chi connectivity index (χ3v) is 11.0. The zero-order valence-electron chi connectivity index (χ0n) is 37.8. The SMILES string of the molecule is CCCCCCCCCOC(=O)CCCCCCCN(CCCCCCCC(=O)OC(CCCCCCCC)CCCCCCCC)CCCNC(N)NOC. The van der Waals surface area contributed by atoms with E-state index in [1.165, 1.54) is 154 Å². The van der Waals surface area contributed by atoms with E-state index in [4.69, 9.17) is 20.0 Å². The average Bonchev–Trinajstić information content (AvgIpc) is 3.18. The van der Waals surface area contributed by atoms with Crippen molar-refractivity contribution in [2.75, 3.05) is 39.9 Å². The van der Waals surface area contributed by atoms with Crippen LogP contribution in [0.15, 0.2) is 0 Å². The summed E-state index contributed by atoms with van der Waals surface area (Å²) >= 11 is 0. The zero-order valence-corrected chi connectivity index (χ0v) is 37.8. The second-order valence-corrected chi connectivity index (χ2v) is 16.6. The molecule has 0 saturated carbocycles. The van der Waals surface area contributed by atoms with Crippen LogP contribution in [0.3, 0.4) is 0 Å². The minimum Gasteiger partial charge on any atom is -0.466 e. The van der Waals surface area contributed by atoms with Crippen molar-refractivity contribution in [3.8, 4) is 0 Å². The number of carbonyl (C=O) groups excluding carboxylic acids is 2. The van der Waals surface area contributed by atoms with Gasteiger partial charge in [-0.2, -0.15) is 5.48 Å².